The van der Waals surface area contributed by atoms with Gasteiger partial charge < -0.3 is 10.6 Å². The predicted molar refractivity (Wildman–Crippen MR) is 118 cm³/mol. The zero-order valence-corrected chi connectivity index (χ0v) is 17.7. The van der Waals surface area contributed by atoms with Crippen molar-refractivity contribution in [1.82, 2.24) is 10.6 Å². The van der Waals surface area contributed by atoms with Crippen LogP contribution in [0.15, 0.2) is 89.4 Å². The van der Waals surface area contributed by atoms with E-state index in [0.29, 0.717) is 0 Å². The van der Waals surface area contributed by atoms with Crippen LogP contribution in [0, 0.1) is 0 Å². The molecule has 0 aliphatic rings. The van der Waals surface area contributed by atoms with Crippen molar-refractivity contribution in [3.63, 3.8) is 0 Å². The summed E-state index contributed by atoms with van der Waals surface area (Å²) in [5.74, 6) is -0.308. The van der Waals surface area contributed by atoms with Crippen LogP contribution in [0.2, 0.25) is 0 Å². The highest BCUT2D eigenvalue weighted by Crippen LogP contribution is 2.24. The van der Waals surface area contributed by atoms with Gasteiger partial charge in [-0.05, 0) is 28.8 Å². The van der Waals surface area contributed by atoms with Gasteiger partial charge in [-0.1, -0.05) is 88.7 Å². The van der Waals surface area contributed by atoms with Gasteiger partial charge in [0.2, 0.25) is 11.8 Å². The van der Waals surface area contributed by atoms with Crippen molar-refractivity contribution >= 4 is 27.7 Å². The highest BCUT2D eigenvalue weighted by Gasteiger charge is 2.21. The number of rotatable bonds is 7. The van der Waals surface area contributed by atoms with Crippen LogP contribution in [0.5, 0.6) is 0 Å². The monoisotopic (exact) mass is 450 g/mol. The summed E-state index contributed by atoms with van der Waals surface area (Å²) < 4.78 is 0.945. The molecule has 0 aliphatic heterocycles. The zero-order valence-electron chi connectivity index (χ0n) is 16.1. The Morgan fingerprint density at radius 3 is 1.76 bits per heavy atom. The lowest BCUT2D eigenvalue weighted by Gasteiger charge is -2.23. The van der Waals surface area contributed by atoms with Crippen LogP contribution in [-0.2, 0) is 9.59 Å². The van der Waals surface area contributed by atoms with Gasteiger partial charge in [0.25, 0.3) is 0 Å². The van der Waals surface area contributed by atoms with Crippen molar-refractivity contribution in [3.8, 4) is 0 Å². The fourth-order valence-electron chi connectivity index (χ4n) is 3.25. The lowest BCUT2D eigenvalue weighted by molar-refractivity contribution is -0.123. The molecule has 29 heavy (non-hydrogen) atoms. The topological polar surface area (TPSA) is 58.2 Å². The molecule has 4 nitrogen and oxygen atoms in total. The quantitative estimate of drug-likeness (QED) is 0.536. The second-order valence-electron chi connectivity index (χ2n) is 6.83. The summed E-state index contributed by atoms with van der Waals surface area (Å²) in [6.45, 7) is 1.46. The summed E-state index contributed by atoms with van der Waals surface area (Å²) in [6.07, 6.45) is 0.150. The predicted octanol–water partition coefficient (Wildman–Crippen LogP) is 4.92. The van der Waals surface area contributed by atoms with Gasteiger partial charge in [-0.2, -0.15) is 0 Å². The molecular formula is C24H23BrN2O2. The van der Waals surface area contributed by atoms with Crippen molar-refractivity contribution in [2.45, 2.75) is 25.4 Å². The van der Waals surface area contributed by atoms with Crippen molar-refractivity contribution in [2.75, 3.05) is 0 Å². The number of hydrogen-bond donors (Lipinski definition) is 2. The summed E-state index contributed by atoms with van der Waals surface area (Å²) in [5, 5.41) is 6.02. The maximum Gasteiger partial charge on any atom is 0.223 e. The minimum absolute atomic E-state index is 0.135. The van der Waals surface area contributed by atoms with E-state index in [4.69, 9.17) is 0 Å². The van der Waals surface area contributed by atoms with Crippen LogP contribution in [0.4, 0.5) is 0 Å². The van der Waals surface area contributed by atoms with Crippen molar-refractivity contribution < 1.29 is 9.59 Å². The zero-order chi connectivity index (χ0) is 20.6. The number of amides is 2. The van der Waals surface area contributed by atoms with Crippen LogP contribution in [0.25, 0.3) is 0 Å². The van der Waals surface area contributed by atoms with Crippen LogP contribution in [0.3, 0.4) is 0 Å². The Bertz CT molecular complexity index is 904. The molecule has 148 valence electrons. The van der Waals surface area contributed by atoms with E-state index in [1.807, 2.05) is 84.9 Å². The third-order valence-electron chi connectivity index (χ3n) is 4.61. The Labute approximate surface area is 179 Å². The first-order valence-corrected chi connectivity index (χ1v) is 10.2. The van der Waals surface area contributed by atoms with Crippen LogP contribution < -0.4 is 10.6 Å². The van der Waals surface area contributed by atoms with Crippen molar-refractivity contribution in [2.24, 2.45) is 0 Å². The molecule has 1 atom stereocenters. The van der Waals surface area contributed by atoms with E-state index in [0.717, 1.165) is 21.2 Å². The third-order valence-corrected chi connectivity index (χ3v) is 5.14. The van der Waals surface area contributed by atoms with E-state index >= 15 is 0 Å². The molecule has 0 aliphatic carbocycles. The molecular weight excluding hydrogens is 428 g/mol. The van der Waals surface area contributed by atoms with Crippen molar-refractivity contribution in [3.05, 3.63) is 106 Å². The number of benzene rings is 3. The maximum atomic E-state index is 13.0. The van der Waals surface area contributed by atoms with Crippen LogP contribution >= 0.6 is 15.9 Å². The normalized spacial score (nSPS) is 11.7. The Hall–Kier alpha value is -2.92. The molecule has 0 bridgehead atoms. The first kappa shape index (κ1) is 20.8. The highest BCUT2D eigenvalue weighted by molar-refractivity contribution is 9.10. The summed E-state index contributed by atoms with van der Waals surface area (Å²) in [5.41, 5.74) is 2.90. The maximum absolute atomic E-state index is 13.0. The van der Waals surface area contributed by atoms with Crippen molar-refractivity contribution in [1.29, 1.82) is 0 Å². The molecule has 0 heterocycles. The largest absolute Gasteiger partial charge is 0.349 e. The van der Waals surface area contributed by atoms with E-state index in [1.165, 1.54) is 6.92 Å². The van der Waals surface area contributed by atoms with Gasteiger partial charge in [-0.3, -0.25) is 9.59 Å². The summed E-state index contributed by atoms with van der Waals surface area (Å²) in [4.78, 5) is 24.6. The standard InChI is InChI=1S/C24H23BrN2O2/c1-17(28)26-22(18-12-14-21(25)15-13-18)16-23(29)27-24(19-8-4-2-5-9-19)20-10-6-3-7-11-20/h2-15,22,24H,16H2,1H3,(H,26,28)(H,27,29). The molecule has 0 fully saturated rings. The molecule has 0 saturated heterocycles. The first-order valence-electron chi connectivity index (χ1n) is 9.45. The van der Waals surface area contributed by atoms with Crippen LogP contribution in [-0.4, -0.2) is 11.8 Å². The van der Waals surface area contributed by atoms with Gasteiger partial charge in [0.1, 0.15) is 0 Å². The molecule has 0 spiro atoms. The minimum Gasteiger partial charge on any atom is -0.349 e. The average Bonchev–Trinajstić information content (AvgIpc) is 2.73. The fourth-order valence-corrected chi connectivity index (χ4v) is 3.51. The highest BCUT2D eigenvalue weighted by atomic mass is 79.9. The molecule has 0 radical (unpaired) electrons. The Morgan fingerprint density at radius 1 is 0.759 bits per heavy atom. The Kier molecular flexibility index (Phi) is 7.19. The number of hydrogen-bond acceptors (Lipinski definition) is 2. The Morgan fingerprint density at radius 2 is 1.28 bits per heavy atom. The minimum atomic E-state index is -0.396. The summed E-state index contributed by atoms with van der Waals surface area (Å²) in [6, 6.07) is 26.7. The fraction of sp³-hybridized carbons (Fsp3) is 0.167. The number of nitrogens with one attached hydrogen (secondary N) is 2. The lowest BCUT2D eigenvalue weighted by Crippen LogP contribution is -2.34. The second-order valence-corrected chi connectivity index (χ2v) is 7.75. The average molecular weight is 451 g/mol. The number of halogens is 1. The van der Waals surface area contributed by atoms with E-state index in [9.17, 15) is 9.59 Å². The molecule has 2 N–H and O–H groups in total. The van der Waals surface area contributed by atoms with E-state index < -0.39 is 6.04 Å². The van der Waals surface area contributed by atoms with Gasteiger partial charge in [-0.15, -0.1) is 0 Å². The van der Waals surface area contributed by atoms with Gasteiger partial charge in [0.05, 0.1) is 18.5 Å². The first-order chi connectivity index (χ1) is 14.0. The third kappa shape index (κ3) is 6.03. The van der Waals surface area contributed by atoms with Gasteiger partial charge >= 0.3 is 0 Å². The summed E-state index contributed by atoms with van der Waals surface area (Å²) in [7, 11) is 0. The number of carbonyl (C=O) groups is 2. The molecule has 0 saturated carbocycles. The molecule has 3 aromatic rings. The van der Waals surface area contributed by atoms with E-state index in [1.54, 1.807) is 0 Å². The number of carbonyl (C=O) groups excluding carboxylic acids is 2. The van der Waals surface area contributed by atoms with Gasteiger partial charge in [0, 0.05) is 11.4 Å². The molecule has 3 rings (SSSR count). The molecule has 2 amide bonds. The lowest BCUT2D eigenvalue weighted by atomic mass is 9.97. The van der Waals surface area contributed by atoms with E-state index in [2.05, 4.69) is 26.6 Å². The molecule has 1 unspecified atom stereocenters. The molecule has 0 aromatic heterocycles. The van der Waals surface area contributed by atoms with E-state index in [-0.39, 0.29) is 24.3 Å². The SMILES string of the molecule is CC(=O)NC(CC(=O)NC(c1ccccc1)c1ccccc1)c1ccc(Br)cc1. The van der Waals surface area contributed by atoms with Gasteiger partial charge in [0.15, 0.2) is 0 Å². The molecule has 3 aromatic carbocycles. The molecule has 5 heteroatoms. The van der Waals surface area contributed by atoms with Crippen LogP contribution in [0.1, 0.15) is 42.1 Å². The van der Waals surface area contributed by atoms with Gasteiger partial charge in [-0.25, -0.2) is 0 Å². The summed E-state index contributed by atoms with van der Waals surface area (Å²) >= 11 is 3.41. The Balaban J connectivity index is 1.80. The smallest absolute Gasteiger partial charge is 0.223 e. The second kappa shape index (κ2) is 10.0.